The van der Waals surface area contributed by atoms with Crippen LogP contribution in [0.2, 0.25) is 0 Å². The summed E-state index contributed by atoms with van der Waals surface area (Å²) >= 11 is 0. The lowest BCUT2D eigenvalue weighted by Gasteiger charge is -2.42. The lowest BCUT2D eigenvalue weighted by molar-refractivity contribution is -0.120. The molecule has 0 saturated heterocycles. The minimum absolute atomic E-state index is 0.0406. The van der Waals surface area contributed by atoms with E-state index in [1.807, 2.05) is 44.2 Å². The Morgan fingerprint density at radius 1 is 0.872 bits per heavy atom. The number of rotatable bonds is 5. The highest BCUT2D eigenvalue weighted by Crippen LogP contribution is 2.53. The summed E-state index contributed by atoms with van der Waals surface area (Å²) in [6, 6.07) is 13.2. The maximum Gasteiger partial charge on any atom is 0.262 e. The topological polar surface area (TPSA) is 81.7 Å². The molecule has 0 radical (unpaired) electrons. The van der Waals surface area contributed by atoms with Crippen molar-refractivity contribution < 1.29 is 23.9 Å². The van der Waals surface area contributed by atoms with Crippen molar-refractivity contribution in [1.82, 2.24) is 0 Å². The number of amides is 1. The fourth-order valence-electron chi connectivity index (χ4n) is 6.05. The second kappa shape index (κ2) is 9.82. The summed E-state index contributed by atoms with van der Waals surface area (Å²) in [4.78, 5) is 39.4. The molecule has 5 rings (SSSR count). The van der Waals surface area contributed by atoms with Crippen molar-refractivity contribution in [2.45, 2.75) is 73.1 Å². The van der Waals surface area contributed by atoms with Crippen molar-refractivity contribution in [3.8, 4) is 5.75 Å². The Hall–Kier alpha value is -3.67. The summed E-state index contributed by atoms with van der Waals surface area (Å²) in [6.07, 6.45) is 2.16. The first-order valence-electron chi connectivity index (χ1n) is 13.6. The fourth-order valence-corrected chi connectivity index (χ4v) is 6.05. The van der Waals surface area contributed by atoms with Crippen LogP contribution < -0.4 is 10.1 Å². The Morgan fingerprint density at radius 2 is 1.44 bits per heavy atom. The molecular formula is C33H37NO5. The Balaban J connectivity index is 1.38. The van der Waals surface area contributed by atoms with E-state index < -0.39 is 5.92 Å². The molecule has 1 aliphatic heterocycles. The number of anilines is 1. The summed E-state index contributed by atoms with van der Waals surface area (Å²) in [5.74, 6) is 1.33. The van der Waals surface area contributed by atoms with E-state index >= 15 is 0 Å². The molecule has 0 aromatic heterocycles. The lowest BCUT2D eigenvalue weighted by Crippen LogP contribution is -2.37. The Kier molecular flexibility index (Phi) is 6.78. The summed E-state index contributed by atoms with van der Waals surface area (Å²) in [5, 5.41) is 2.89. The summed E-state index contributed by atoms with van der Waals surface area (Å²) in [6.45, 7) is 12.2. The van der Waals surface area contributed by atoms with Gasteiger partial charge in [-0.15, -0.1) is 0 Å². The molecule has 1 N–H and O–H groups in total. The molecule has 39 heavy (non-hydrogen) atoms. The van der Waals surface area contributed by atoms with Crippen LogP contribution in [-0.2, 0) is 19.1 Å². The number of allylic oxidation sites excluding steroid dienone is 4. The van der Waals surface area contributed by atoms with Crippen LogP contribution >= 0.6 is 0 Å². The van der Waals surface area contributed by atoms with Crippen molar-refractivity contribution in [2.24, 2.45) is 10.8 Å². The van der Waals surface area contributed by atoms with Gasteiger partial charge in [0, 0.05) is 48.4 Å². The first-order chi connectivity index (χ1) is 18.3. The second-order valence-corrected chi connectivity index (χ2v) is 12.8. The van der Waals surface area contributed by atoms with E-state index in [0.29, 0.717) is 54.1 Å². The third-order valence-electron chi connectivity index (χ3n) is 7.82. The van der Waals surface area contributed by atoms with Crippen LogP contribution in [0.5, 0.6) is 5.75 Å². The maximum absolute atomic E-state index is 13.4. The molecule has 2 aliphatic carbocycles. The Bertz CT molecular complexity index is 1370. The molecule has 0 bridgehead atoms. The third-order valence-corrected chi connectivity index (χ3v) is 7.82. The van der Waals surface area contributed by atoms with Crippen LogP contribution in [0.1, 0.15) is 76.0 Å². The van der Waals surface area contributed by atoms with Gasteiger partial charge in [0.05, 0.1) is 0 Å². The summed E-state index contributed by atoms with van der Waals surface area (Å²) in [7, 11) is 0. The van der Waals surface area contributed by atoms with Gasteiger partial charge in [0.15, 0.2) is 18.2 Å². The molecule has 0 unspecified atom stereocenters. The molecule has 1 heterocycles. The molecule has 6 heteroatoms. The smallest absolute Gasteiger partial charge is 0.262 e. The normalized spacial score (nSPS) is 20.3. The number of carbonyl (C=O) groups is 3. The molecule has 6 nitrogen and oxygen atoms in total. The zero-order chi connectivity index (χ0) is 28.1. The molecule has 0 saturated carbocycles. The van der Waals surface area contributed by atoms with Gasteiger partial charge < -0.3 is 14.8 Å². The number of aryl methyl sites for hydroxylation is 2. The molecule has 1 amide bonds. The average molecular weight is 528 g/mol. The van der Waals surface area contributed by atoms with E-state index in [9.17, 15) is 14.4 Å². The van der Waals surface area contributed by atoms with Gasteiger partial charge in [-0.2, -0.15) is 0 Å². The van der Waals surface area contributed by atoms with Crippen molar-refractivity contribution >= 4 is 23.2 Å². The molecule has 204 valence electrons. The van der Waals surface area contributed by atoms with Crippen molar-refractivity contribution in [2.75, 3.05) is 11.9 Å². The Morgan fingerprint density at radius 3 is 1.97 bits per heavy atom. The lowest BCUT2D eigenvalue weighted by atomic mass is 9.65. The zero-order valence-electron chi connectivity index (χ0n) is 23.7. The van der Waals surface area contributed by atoms with E-state index in [-0.39, 0.29) is 34.9 Å². The van der Waals surface area contributed by atoms with Gasteiger partial charge in [-0.05, 0) is 54.0 Å². The predicted molar refractivity (Wildman–Crippen MR) is 150 cm³/mol. The molecule has 3 aliphatic rings. The average Bonchev–Trinajstić information content (AvgIpc) is 2.82. The zero-order valence-corrected chi connectivity index (χ0v) is 23.7. The molecule has 2 aromatic rings. The number of benzene rings is 2. The quantitative estimate of drug-likeness (QED) is 0.467. The Labute approximate surface area is 230 Å². The van der Waals surface area contributed by atoms with Crippen LogP contribution in [-0.4, -0.2) is 24.1 Å². The van der Waals surface area contributed by atoms with Crippen LogP contribution in [0.4, 0.5) is 5.69 Å². The van der Waals surface area contributed by atoms with Gasteiger partial charge in [0.25, 0.3) is 5.91 Å². The van der Waals surface area contributed by atoms with E-state index in [4.69, 9.17) is 9.47 Å². The summed E-state index contributed by atoms with van der Waals surface area (Å²) in [5.41, 5.74) is 4.58. The maximum atomic E-state index is 13.4. The van der Waals surface area contributed by atoms with E-state index in [1.165, 1.54) is 0 Å². The number of nitrogens with one attached hydrogen (secondary N) is 1. The molecular weight excluding hydrogens is 490 g/mol. The first-order valence-corrected chi connectivity index (χ1v) is 13.6. The molecule has 2 aromatic carbocycles. The van der Waals surface area contributed by atoms with Crippen LogP contribution in [0.3, 0.4) is 0 Å². The third kappa shape index (κ3) is 5.56. The second-order valence-electron chi connectivity index (χ2n) is 12.8. The van der Waals surface area contributed by atoms with Gasteiger partial charge in [-0.25, -0.2) is 0 Å². The predicted octanol–water partition coefficient (Wildman–Crippen LogP) is 6.72. The van der Waals surface area contributed by atoms with Gasteiger partial charge in [-0.3, -0.25) is 14.4 Å². The number of ether oxygens (including phenoxy) is 2. The minimum Gasteiger partial charge on any atom is -0.484 e. The highest BCUT2D eigenvalue weighted by molar-refractivity contribution is 6.06. The van der Waals surface area contributed by atoms with E-state index in [1.54, 1.807) is 12.1 Å². The van der Waals surface area contributed by atoms with Crippen molar-refractivity contribution in [1.29, 1.82) is 0 Å². The first kappa shape index (κ1) is 26.9. The van der Waals surface area contributed by atoms with Crippen LogP contribution in [0, 0.1) is 24.7 Å². The monoisotopic (exact) mass is 527 g/mol. The number of carbonyl (C=O) groups excluding carboxylic acids is 3. The van der Waals surface area contributed by atoms with Gasteiger partial charge in [0.2, 0.25) is 0 Å². The van der Waals surface area contributed by atoms with E-state index in [0.717, 1.165) is 22.4 Å². The highest BCUT2D eigenvalue weighted by Gasteiger charge is 2.47. The summed E-state index contributed by atoms with van der Waals surface area (Å²) < 4.78 is 12.1. The molecule has 0 atom stereocenters. The SMILES string of the molecule is Cc1ccc(NC(=O)COc2ccc(C3C4=C(CC(C)(C)CC4=O)OC4=C3C(=O)CC(C)(C)C4)cc2)c(C)c1. The van der Waals surface area contributed by atoms with Crippen LogP contribution in [0.25, 0.3) is 0 Å². The fraction of sp³-hybridized carbons (Fsp3) is 0.424. The molecule has 0 fully saturated rings. The number of ketones is 2. The van der Waals surface area contributed by atoms with Gasteiger partial charge in [-0.1, -0.05) is 57.5 Å². The number of hydrogen-bond donors (Lipinski definition) is 1. The van der Waals surface area contributed by atoms with E-state index in [2.05, 4.69) is 33.0 Å². The van der Waals surface area contributed by atoms with Gasteiger partial charge >= 0.3 is 0 Å². The van der Waals surface area contributed by atoms with Crippen molar-refractivity contribution in [3.05, 3.63) is 81.8 Å². The standard InChI is InChI=1S/C33H37NO5/c1-19-7-12-23(20(2)13-19)34-28(37)18-38-22-10-8-21(9-11-22)29-30-24(35)14-32(3,4)16-26(30)39-27-17-33(5,6)15-25(36)31(27)29/h7-13,29H,14-18H2,1-6H3,(H,34,37). The van der Waals surface area contributed by atoms with Crippen molar-refractivity contribution in [3.63, 3.8) is 0 Å². The number of Topliss-reactive ketones (excluding diaryl/α,β-unsaturated/α-hetero) is 2. The largest absolute Gasteiger partial charge is 0.484 e. The molecule has 0 spiro atoms. The van der Waals surface area contributed by atoms with Gasteiger partial charge in [0.1, 0.15) is 17.3 Å². The highest BCUT2D eigenvalue weighted by atomic mass is 16.5. The number of hydrogen-bond acceptors (Lipinski definition) is 5. The minimum atomic E-state index is -0.446. The van der Waals surface area contributed by atoms with Crippen LogP contribution in [0.15, 0.2) is 65.1 Å².